The smallest absolute Gasteiger partial charge is 0.217 e. The van der Waals surface area contributed by atoms with Gasteiger partial charge >= 0.3 is 0 Å². The topological polar surface area (TPSA) is 22.1 Å². The number of pyridine rings is 1. The van der Waals surface area contributed by atoms with Crippen LogP contribution in [0.1, 0.15) is 16.5 Å². The van der Waals surface area contributed by atoms with Crippen molar-refractivity contribution in [2.45, 2.75) is 5.38 Å². The van der Waals surface area contributed by atoms with Crippen molar-refractivity contribution in [1.29, 1.82) is 0 Å². The van der Waals surface area contributed by atoms with Crippen molar-refractivity contribution in [3.8, 4) is 16.9 Å². The van der Waals surface area contributed by atoms with E-state index in [-0.39, 0.29) is 11.1 Å². The number of alkyl halides is 1. The van der Waals surface area contributed by atoms with Crippen molar-refractivity contribution in [2.75, 3.05) is 7.11 Å². The Morgan fingerprint density at radius 2 is 1.71 bits per heavy atom. The van der Waals surface area contributed by atoms with Crippen LogP contribution in [0.25, 0.3) is 11.1 Å². The van der Waals surface area contributed by atoms with Crippen LogP contribution in [0.3, 0.4) is 0 Å². The zero-order chi connectivity index (χ0) is 17.1. The Morgan fingerprint density at radius 3 is 2.38 bits per heavy atom. The molecular formula is C19H14ClF2NO. The first-order chi connectivity index (χ1) is 11.6. The van der Waals surface area contributed by atoms with E-state index < -0.39 is 17.1 Å². The predicted molar refractivity (Wildman–Crippen MR) is 90.3 cm³/mol. The van der Waals surface area contributed by atoms with E-state index in [9.17, 15) is 4.39 Å². The molecule has 5 heteroatoms. The van der Waals surface area contributed by atoms with Crippen molar-refractivity contribution >= 4 is 11.6 Å². The lowest BCUT2D eigenvalue weighted by atomic mass is 9.97. The molecule has 0 aliphatic rings. The summed E-state index contributed by atoms with van der Waals surface area (Å²) in [5, 5.41) is -0.993. The summed E-state index contributed by atoms with van der Waals surface area (Å²) >= 11 is 6.34. The summed E-state index contributed by atoms with van der Waals surface area (Å²) in [5.41, 5.74) is 1.25. The molecule has 3 rings (SSSR count). The first-order valence-electron chi connectivity index (χ1n) is 7.29. The molecule has 3 aromatic rings. The number of hydrogen-bond donors (Lipinski definition) is 0. The summed E-state index contributed by atoms with van der Waals surface area (Å²) < 4.78 is 34.3. The van der Waals surface area contributed by atoms with E-state index in [0.29, 0.717) is 16.9 Å². The molecule has 0 aliphatic carbocycles. The Kier molecular flexibility index (Phi) is 4.76. The quantitative estimate of drug-likeness (QED) is 0.469. The number of benzene rings is 2. The minimum absolute atomic E-state index is 0.127. The summed E-state index contributed by atoms with van der Waals surface area (Å²) in [6.07, 6.45) is 1.32. The monoisotopic (exact) mass is 345 g/mol. The number of methoxy groups -OCH3 is 1. The Morgan fingerprint density at radius 1 is 0.958 bits per heavy atom. The highest BCUT2D eigenvalue weighted by atomic mass is 35.5. The molecule has 2 nitrogen and oxygen atoms in total. The van der Waals surface area contributed by atoms with Gasteiger partial charge in [0.15, 0.2) is 0 Å². The molecule has 122 valence electrons. The van der Waals surface area contributed by atoms with Crippen LogP contribution in [-0.2, 0) is 0 Å². The normalized spacial score (nSPS) is 12.0. The maximum absolute atomic E-state index is 15.2. The Balaban J connectivity index is 2.16. The van der Waals surface area contributed by atoms with Crippen molar-refractivity contribution < 1.29 is 13.5 Å². The van der Waals surface area contributed by atoms with E-state index in [1.54, 1.807) is 36.4 Å². The van der Waals surface area contributed by atoms with E-state index in [0.717, 1.165) is 0 Å². The van der Waals surface area contributed by atoms with Gasteiger partial charge in [0.05, 0.1) is 18.1 Å². The number of nitrogens with zero attached hydrogens (tertiary/aromatic N) is 1. The zero-order valence-electron chi connectivity index (χ0n) is 12.8. The second-order valence-electron chi connectivity index (χ2n) is 5.16. The average molecular weight is 346 g/mol. The minimum Gasteiger partial charge on any atom is -0.496 e. The summed E-state index contributed by atoms with van der Waals surface area (Å²) in [7, 11) is 1.47. The number of ether oxygens (including phenoxy) is 1. The fraction of sp³-hybridized carbons (Fsp3) is 0.105. The highest BCUT2D eigenvalue weighted by Gasteiger charge is 2.23. The van der Waals surface area contributed by atoms with Gasteiger partial charge in [0.25, 0.3) is 0 Å². The van der Waals surface area contributed by atoms with E-state index in [4.69, 9.17) is 16.3 Å². The lowest BCUT2D eigenvalue weighted by Crippen LogP contribution is -2.04. The van der Waals surface area contributed by atoms with Gasteiger partial charge in [-0.2, -0.15) is 4.39 Å². The molecule has 1 atom stereocenters. The van der Waals surface area contributed by atoms with Gasteiger partial charge in [0.1, 0.15) is 11.6 Å². The molecule has 1 heterocycles. The van der Waals surface area contributed by atoms with Crippen LogP contribution in [0.4, 0.5) is 8.78 Å². The van der Waals surface area contributed by atoms with Gasteiger partial charge in [-0.15, -0.1) is 11.6 Å². The fourth-order valence-corrected chi connectivity index (χ4v) is 2.90. The van der Waals surface area contributed by atoms with E-state index in [2.05, 4.69) is 4.98 Å². The van der Waals surface area contributed by atoms with Crippen LogP contribution >= 0.6 is 11.6 Å². The molecule has 1 aromatic heterocycles. The van der Waals surface area contributed by atoms with Crippen LogP contribution in [0.5, 0.6) is 5.75 Å². The van der Waals surface area contributed by atoms with Gasteiger partial charge in [0.2, 0.25) is 5.95 Å². The highest BCUT2D eigenvalue weighted by Crippen LogP contribution is 2.39. The van der Waals surface area contributed by atoms with Crippen molar-refractivity contribution in [2.24, 2.45) is 0 Å². The third-order valence-corrected chi connectivity index (χ3v) is 4.22. The molecule has 0 saturated heterocycles. The maximum Gasteiger partial charge on any atom is 0.217 e. The first-order valence-corrected chi connectivity index (χ1v) is 7.73. The van der Waals surface area contributed by atoms with Gasteiger partial charge in [-0.05, 0) is 17.7 Å². The third kappa shape index (κ3) is 2.97. The molecule has 2 aromatic carbocycles. The van der Waals surface area contributed by atoms with Gasteiger partial charge in [-0.3, -0.25) is 0 Å². The molecule has 1 unspecified atom stereocenters. The Bertz CT molecular complexity index is 855. The third-order valence-electron chi connectivity index (χ3n) is 3.75. The summed E-state index contributed by atoms with van der Waals surface area (Å²) in [6.45, 7) is 0. The largest absolute Gasteiger partial charge is 0.496 e. The van der Waals surface area contributed by atoms with Crippen LogP contribution in [-0.4, -0.2) is 12.1 Å². The average Bonchev–Trinajstić information content (AvgIpc) is 2.62. The zero-order valence-corrected chi connectivity index (χ0v) is 13.6. The molecular weight excluding hydrogens is 332 g/mol. The van der Waals surface area contributed by atoms with E-state index in [1.807, 2.05) is 6.07 Å². The molecule has 0 amide bonds. The molecule has 0 radical (unpaired) electrons. The molecule has 0 N–H and O–H groups in total. The maximum atomic E-state index is 15.2. The molecule has 0 fully saturated rings. The number of aromatic nitrogens is 1. The summed E-state index contributed by atoms with van der Waals surface area (Å²) in [5.74, 6) is -0.865. The predicted octanol–water partition coefficient (Wildman–Crippen LogP) is 5.36. The standard InChI is InChI=1S/C19H14ClF2NO/c1-24-15-10-9-13(17(20)14-8-5-11-23-19(14)22)18(21)16(15)12-6-3-2-4-7-12/h2-11,17H,1H3. The molecule has 24 heavy (non-hydrogen) atoms. The lowest BCUT2D eigenvalue weighted by molar-refractivity contribution is 0.413. The lowest BCUT2D eigenvalue weighted by Gasteiger charge is -2.17. The fourth-order valence-electron chi connectivity index (χ4n) is 2.57. The Labute approximate surface area is 143 Å². The molecule has 0 bridgehead atoms. The van der Waals surface area contributed by atoms with E-state index in [1.165, 1.54) is 25.4 Å². The van der Waals surface area contributed by atoms with Crippen LogP contribution in [0.2, 0.25) is 0 Å². The summed E-state index contributed by atoms with van der Waals surface area (Å²) in [4.78, 5) is 3.57. The molecule has 0 saturated carbocycles. The van der Waals surface area contributed by atoms with Gasteiger partial charge in [0, 0.05) is 17.3 Å². The summed E-state index contributed by atoms with van der Waals surface area (Å²) in [6, 6.07) is 15.2. The van der Waals surface area contributed by atoms with Gasteiger partial charge < -0.3 is 4.74 Å². The van der Waals surface area contributed by atoms with Crippen molar-refractivity contribution in [3.63, 3.8) is 0 Å². The van der Waals surface area contributed by atoms with E-state index >= 15 is 4.39 Å². The highest BCUT2D eigenvalue weighted by molar-refractivity contribution is 6.22. The second kappa shape index (κ2) is 6.97. The number of halogens is 3. The van der Waals surface area contributed by atoms with Crippen molar-refractivity contribution in [3.05, 3.63) is 83.7 Å². The van der Waals surface area contributed by atoms with Crippen LogP contribution < -0.4 is 4.74 Å². The van der Waals surface area contributed by atoms with Crippen LogP contribution in [0, 0.1) is 11.8 Å². The van der Waals surface area contributed by atoms with Gasteiger partial charge in [-0.1, -0.05) is 42.5 Å². The van der Waals surface area contributed by atoms with Gasteiger partial charge in [-0.25, -0.2) is 9.37 Å². The minimum atomic E-state index is -0.993. The molecule has 0 aliphatic heterocycles. The SMILES string of the molecule is COc1ccc(C(Cl)c2cccnc2F)c(F)c1-c1ccccc1. The Hall–Kier alpha value is -2.46. The number of rotatable bonds is 4. The first kappa shape index (κ1) is 16.4. The van der Waals surface area contributed by atoms with Crippen LogP contribution in [0.15, 0.2) is 60.8 Å². The second-order valence-corrected chi connectivity index (χ2v) is 5.59. The van der Waals surface area contributed by atoms with Crippen molar-refractivity contribution in [1.82, 2.24) is 4.98 Å². The molecule has 0 spiro atoms. The number of hydrogen-bond acceptors (Lipinski definition) is 2.